The van der Waals surface area contributed by atoms with E-state index in [9.17, 15) is 14.5 Å². The highest BCUT2D eigenvalue weighted by Gasteiger charge is 2.17. The van der Waals surface area contributed by atoms with Crippen LogP contribution in [0.5, 0.6) is 11.6 Å². The number of nitro benzene ring substituents is 1. The molecule has 0 amide bonds. The summed E-state index contributed by atoms with van der Waals surface area (Å²) in [6.45, 7) is 0. The minimum atomic E-state index is -0.681. The fourth-order valence-corrected chi connectivity index (χ4v) is 1.21. The first-order chi connectivity index (χ1) is 8.56. The lowest BCUT2D eigenvalue weighted by atomic mass is 10.3. The number of nitrogens with zero attached hydrogens (tertiary/aromatic N) is 3. The second-order valence-corrected chi connectivity index (χ2v) is 3.25. The van der Waals surface area contributed by atoms with E-state index in [4.69, 9.17) is 10.5 Å². The van der Waals surface area contributed by atoms with Gasteiger partial charge in [-0.25, -0.2) is 14.4 Å². The molecular formula is C10H7FN4O3. The highest BCUT2D eigenvalue weighted by atomic mass is 19.1. The lowest BCUT2D eigenvalue weighted by Gasteiger charge is -2.04. The normalized spacial score (nSPS) is 10.1. The molecule has 0 fully saturated rings. The molecule has 1 heterocycles. The topological polar surface area (TPSA) is 104 Å². The van der Waals surface area contributed by atoms with Crippen LogP contribution in [0.2, 0.25) is 0 Å². The van der Waals surface area contributed by atoms with E-state index in [-0.39, 0.29) is 23.1 Å². The van der Waals surface area contributed by atoms with Crippen LogP contribution in [0.15, 0.2) is 30.6 Å². The largest absolute Gasteiger partial charge is 0.430 e. The summed E-state index contributed by atoms with van der Waals surface area (Å²) in [5, 5.41) is 10.7. The molecule has 0 aliphatic heterocycles. The van der Waals surface area contributed by atoms with Crippen LogP contribution in [0.25, 0.3) is 0 Å². The number of hydrogen-bond donors (Lipinski definition) is 1. The fourth-order valence-electron chi connectivity index (χ4n) is 1.21. The van der Waals surface area contributed by atoms with Crippen LogP contribution in [0.3, 0.4) is 0 Å². The summed E-state index contributed by atoms with van der Waals surface area (Å²) in [5.74, 6) is -0.743. The van der Waals surface area contributed by atoms with Crippen LogP contribution in [-0.2, 0) is 0 Å². The van der Waals surface area contributed by atoms with Gasteiger partial charge in [-0.2, -0.15) is 0 Å². The number of nitrogen functional groups attached to an aromatic ring is 1. The van der Waals surface area contributed by atoms with Gasteiger partial charge in [0, 0.05) is 12.1 Å². The maximum Gasteiger partial charge on any atom is 0.311 e. The van der Waals surface area contributed by atoms with Crippen molar-refractivity contribution < 1.29 is 14.1 Å². The van der Waals surface area contributed by atoms with Gasteiger partial charge >= 0.3 is 5.69 Å². The van der Waals surface area contributed by atoms with Gasteiger partial charge in [0.25, 0.3) is 0 Å². The number of rotatable bonds is 3. The molecule has 0 unspecified atom stereocenters. The van der Waals surface area contributed by atoms with Crippen molar-refractivity contribution in [3.05, 3.63) is 46.5 Å². The summed E-state index contributed by atoms with van der Waals surface area (Å²) in [4.78, 5) is 17.5. The van der Waals surface area contributed by atoms with E-state index in [2.05, 4.69) is 9.97 Å². The van der Waals surface area contributed by atoms with E-state index in [1.54, 1.807) is 0 Å². The minimum absolute atomic E-state index is 0.0158. The predicted molar refractivity (Wildman–Crippen MR) is 59.6 cm³/mol. The zero-order valence-corrected chi connectivity index (χ0v) is 8.91. The molecular weight excluding hydrogens is 243 g/mol. The van der Waals surface area contributed by atoms with E-state index in [0.717, 1.165) is 18.2 Å². The number of anilines is 1. The molecule has 0 radical (unpaired) electrons. The number of aromatic nitrogens is 2. The molecule has 0 spiro atoms. The molecule has 2 aromatic rings. The lowest BCUT2D eigenvalue weighted by molar-refractivity contribution is -0.385. The Morgan fingerprint density at radius 1 is 1.33 bits per heavy atom. The number of nitro groups is 1. The second kappa shape index (κ2) is 4.62. The summed E-state index contributed by atoms with van der Waals surface area (Å²) in [5.41, 5.74) is 4.96. The van der Waals surface area contributed by atoms with Gasteiger partial charge in [-0.15, -0.1) is 0 Å². The Labute approximate surface area is 100 Å². The summed E-state index contributed by atoms with van der Waals surface area (Å²) < 4.78 is 18.1. The van der Waals surface area contributed by atoms with Gasteiger partial charge in [-0.3, -0.25) is 10.1 Å². The van der Waals surface area contributed by atoms with Crippen molar-refractivity contribution in [3.63, 3.8) is 0 Å². The maximum absolute atomic E-state index is 13.0. The standard InChI is InChI=1S/C10H7FN4O3/c11-6-1-2-7(15(16)17)8(3-6)18-10-5-13-9(12)4-14-10/h1-5H,(H2,12,13). The van der Waals surface area contributed by atoms with Gasteiger partial charge in [-0.05, 0) is 6.07 Å². The third kappa shape index (κ3) is 2.48. The molecule has 2 N–H and O–H groups in total. The van der Waals surface area contributed by atoms with Crippen LogP contribution in [0.1, 0.15) is 0 Å². The minimum Gasteiger partial charge on any atom is -0.430 e. The summed E-state index contributed by atoms with van der Waals surface area (Å²) in [7, 11) is 0. The number of hydrogen-bond acceptors (Lipinski definition) is 6. The molecule has 1 aromatic heterocycles. The first-order valence-corrected chi connectivity index (χ1v) is 4.75. The Hall–Kier alpha value is -2.77. The Balaban J connectivity index is 2.35. The Bertz CT molecular complexity index is 588. The summed E-state index contributed by atoms with van der Waals surface area (Å²) in [6, 6.07) is 2.88. The van der Waals surface area contributed by atoms with Crippen molar-refractivity contribution in [1.82, 2.24) is 9.97 Å². The fraction of sp³-hybridized carbons (Fsp3) is 0. The average molecular weight is 250 g/mol. The zero-order chi connectivity index (χ0) is 13.1. The number of ether oxygens (including phenoxy) is 1. The van der Waals surface area contributed by atoms with Crippen molar-refractivity contribution >= 4 is 11.5 Å². The van der Waals surface area contributed by atoms with E-state index >= 15 is 0 Å². The highest BCUT2D eigenvalue weighted by Crippen LogP contribution is 2.30. The molecule has 1 aromatic carbocycles. The quantitative estimate of drug-likeness (QED) is 0.658. The van der Waals surface area contributed by atoms with Crippen molar-refractivity contribution in [2.75, 3.05) is 5.73 Å². The van der Waals surface area contributed by atoms with E-state index < -0.39 is 10.7 Å². The molecule has 0 aliphatic rings. The van der Waals surface area contributed by atoms with Gasteiger partial charge in [-0.1, -0.05) is 0 Å². The molecule has 0 atom stereocenters. The molecule has 0 saturated heterocycles. The third-order valence-electron chi connectivity index (χ3n) is 1.98. The van der Waals surface area contributed by atoms with E-state index in [1.807, 2.05) is 0 Å². The SMILES string of the molecule is Nc1cnc(Oc2cc(F)ccc2[N+](=O)[O-])cn1. The van der Waals surface area contributed by atoms with E-state index in [1.165, 1.54) is 12.4 Å². The van der Waals surface area contributed by atoms with Gasteiger partial charge in [0.2, 0.25) is 11.6 Å². The summed E-state index contributed by atoms with van der Waals surface area (Å²) >= 11 is 0. The van der Waals surface area contributed by atoms with Crippen LogP contribution in [0.4, 0.5) is 15.9 Å². The number of halogens is 1. The monoisotopic (exact) mass is 250 g/mol. The van der Waals surface area contributed by atoms with Crippen LogP contribution in [-0.4, -0.2) is 14.9 Å². The maximum atomic E-state index is 13.0. The van der Waals surface area contributed by atoms with Crippen molar-refractivity contribution in [1.29, 1.82) is 0 Å². The van der Waals surface area contributed by atoms with Crippen molar-refractivity contribution in [3.8, 4) is 11.6 Å². The van der Waals surface area contributed by atoms with Crippen molar-refractivity contribution in [2.45, 2.75) is 0 Å². The van der Waals surface area contributed by atoms with Gasteiger partial charge in [0.1, 0.15) is 11.6 Å². The molecule has 2 rings (SSSR count). The van der Waals surface area contributed by atoms with Crippen LogP contribution < -0.4 is 10.5 Å². The molecule has 8 heteroatoms. The molecule has 18 heavy (non-hydrogen) atoms. The molecule has 7 nitrogen and oxygen atoms in total. The van der Waals surface area contributed by atoms with Crippen LogP contribution >= 0.6 is 0 Å². The highest BCUT2D eigenvalue weighted by molar-refractivity contribution is 5.47. The number of nitrogens with two attached hydrogens (primary N) is 1. The molecule has 0 aliphatic carbocycles. The molecule has 0 bridgehead atoms. The Morgan fingerprint density at radius 2 is 2.11 bits per heavy atom. The predicted octanol–water partition coefficient (Wildman–Crippen LogP) is 1.90. The van der Waals surface area contributed by atoms with Gasteiger partial charge in [0.05, 0.1) is 17.3 Å². The average Bonchev–Trinajstić information content (AvgIpc) is 2.32. The smallest absolute Gasteiger partial charge is 0.311 e. The second-order valence-electron chi connectivity index (χ2n) is 3.25. The molecule has 0 saturated carbocycles. The lowest BCUT2D eigenvalue weighted by Crippen LogP contribution is -1.97. The first kappa shape index (κ1) is 11.7. The van der Waals surface area contributed by atoms with E-state index in [0.29, 0.717) is 0 Å². The van der Waals surface area contributed by atoms with Crippen LogP contribution in [0, 0.1) is 15.9 Å². The Morgan fingerprint density at radius 3 is 2.72 bits per heavy atom. The third-order valence-corrected chi connectivity index (χ3v) is 1.98. The van der Waals surface area contributed by atoms with Gasteiger partial charge < -0.3 is 10.5 Å². The zero-order valence-electron chi connectivity index (χ0n) is 8.91. The van der Waals surface area contributed by atoms with Crippen molar-refractivity contribution in [2.24, 2.45) is 0 Å². The summed E-state index contributed by atoms with van der Waals surface area (Å²) in [6.07, 6.45) is 2.41. The molecule has 92 valence electrons. The first-order valence-electron chi connectivity index (χ1n) is 4.75. The van der Waals surface area contributed by atoms with Gasteiger partial charge in [0.15, 0.2) is 0 Å². The number of benzene rings is 1. The Kier molecular flexibility index (Phi) is 3.00.